The zero-order valence-electron chi connectivity index (χ0n) is 17.3. The molecule has 160 valence electrons. The number of H-pyrrole nitrogens is 1. The lowest BCUT2D eigenvalue weighted by atomic mass is 9.95. The number of carboxylic acids is 1. The Labute approximate surface area is 184 Å². The minimum atomic E-state index is -1.06. The first-order valence-electron chi connectivity index (χ1n) is 10.1. The number of carbonyl (C=O) groups excluding carboxylic acids is 2. The minimum Gasteiger partial charge on any atom is -0.481 e. The van der Waals surface area contributed by atoms with E-state index in [0.29, 0.717) is 27.8 Å². The number of rotatable bonds is 7. The summed E-state index contributed by atoms with van der Waals surface area (Å²) >= 11 is 0. The number of benzene rings is 3. The largest absolute Gasteiger partial charge is 0.481 e. The fourth-order valence-electron chi connectivity index (χ4n) is 3.64. The van der Waals surface area contributed by atoms with Gasteiger partial charge in [0.2, 0.25) is 5.91 Å². The van der Waals surface area contributed by atoms with Crippen molar-refractivity contribution in [2.75, 3.05) is 5.32 Å². The van der Waals surface area contributed by atoms with E-state index in [2.05, 4.69) is 15.5 Å². The average molecular weight is 427 g/mol. The predicted octanol–water partition coefficient (Wildman–Crippen LogP) is 4.63. The molecule has 4 aromatic rings. The molecule has 0 fully saturated rings. The fourth-order valence-corrected chi connectivity index (χ4v) is 3.64. The Morgan fingerprint density at radius 3 is 2.44 bits per heavy atom. The highest BCUT2D eigenvalue weighted by Crippen LogP contribution is 2.29. The van der Waals surface area contributed by atoms with E-state index in [9.17, 15) is 19.5 Å². The van der Waals surface area contributed by atoms with Crippen molar-refractivity contribution in [2.45, 2.75) is 19.3 Å². The van der Waals surface area contributed by atoms with E-state index in [1.165, 1.54) is 6.92 Å². The van der Waals surface area contributed by atoms with Gasteiger partial charge in [0, 0.05) is 10.9 Å². The van der Waals surface area contributed by atoms with Gasteiger partial charge in [0.25, 0.3) is 0 Å². The molecule has 32 heavy (non-hydrogen) atoms. The topological polar surface area (TPSA) is 112 Å². The molecule has 0 aliphatic heterocycles. The number of amides is 1. The second kappa shape index (κ2) is 8.85. The van der Waals surface area contributed by atoms with Gasteiger partial charge in [-0.05, 0) is 41.8 Å². The van der Waals surface area contributed by atoms with Crippen LogP contribution in [0, 0.1) is 0 Å². The third kappa shape index (κ3) is 4.41. The molecule has 0 spiro atoms. The highest BCUT2D eigenvalue weighted by molar-refractivity contribution is 6.04. The van der Waals surface area contributed by atoms with E-state index in [-0.39, 0.29) is 12.2 Å². The Hall–Kier alpha value is -4.26. The van der Waals surface area contributed by atoms with Gasteiger partial charge in [-0.3, -0.25) is 19.5 Å². The van der Waals surface area contributed by atoms with Crippen molar-refractivity contribution in [2.24, 2.45) is 0 Å². The maximum absolute atomic E-state index is 12.9. The standard InChI is InChI=1S/C25H21N3O4/c1-15(29)17-8-5-9-18(12-17)19-10-11-20-22(13-19)27-28-24(20)26-25(32)21(14-23(30)31)16-6-3-2-4-7-16/h2-13,21H,14H2,1H3,(H,30,31)(H2,26,27,28,32). The van der Waals surface area contributed by atoms with Gasteiger partial charge in [-0.2, -0.15) is 5.10 Å². The lowest BCUT2D eigenvalue weighted by Crippen LogP contribution is -2.23. The quantitative estimate of drug-likeness (QED) is 0.372. The number of hydrogen-bond donors (Lipinski definition) is 3. The molecule has 1 unspecified atom stereocenters. The van der Waals surface area contributed by atoms with Crippen LogP contribution in [-0.2, 0) is 9.59 Å². The summed E-state index contributed by atoms with van der Waals surface area (Å²) in [7, 11) is 0. The Kier molecular flexibility index (Phi) is 5.81. The first-order valence-corrected chi connectivity index (χ1v) is 10.1. The maximum Gasteiger partial charge on any atom is 0.304 e. The zero-order valence-corrected chi connectivity index (χ0v) is 17.3. The number of Topliss-reactive ketones (excluding diaryl/α,β-unsaturated/α-hetero) is 1. The van der Waals surface area contributed by atoms with Gasteiger partial charge >= 0.3 is 5.97 Å². The number of fused-ring (bicyclic) bond motifs is 1. The Balaban J connectivity index is 1.61. The maximum atomic E-state index is 12.9. The smallest absolute Gasteiger partial charge is 0.304 e. The molecule has 0 bridgehead atoms. The number of hydrogen-bond acceptors (Lipinski definition) is 4. The van der Waals surface area contributed by atoms with E-state index in [0.717, 1.165) is 11.1 Å². The second-order valence-corrected chi connectivity index (χ2v) is 7.52. The molecule has 0 saturated carbocycles. The molecule has 3 N–H and O–H groups in total. The Morgan fingerprint density at radius 2 is 1.72 bits per heavy atom. The van der Waals surface area contributed by atoms with Gasteiger partial charge in [-0.1, -0.05) is 54.6 Å². The van der Waals surface area contributed by atoms with Gasteiger partial charge in [0.15, 0.2) is 11.6 Å². The summed E-state index contributed by atoms with van der Waals surface area (Å²) in [4.78, 5) is 35.9. The number of aromatic amines is 1. The van der Waals surface area contributed by atoms with Crippen molar-refractivity contribution in [1.82, 2.24) is 10.2 Å². The monoisotopic (exact) mass is 427 g/mol. The summed E-state index contributed by atoms with van der Waals surface area (Å²) in [5.74, 6) is -2.01. The second-order valence-electron chi connectivity index (χ2n) is 7.52. The number of aromatic nitrogens is 2. The number of nitrogens with zero attached hydrogens (tertiary/aromatic N) is 1. The molecule has 1 aromatic heterocycles. The summed E-state index contributed by atoms with van der Waals surface area (Å²) in [5, 5.41) is 19.9. The van der Waals surface area contributed by atoms with Gasteiger partial charge in [0.05, 0.1) is 17.9 Å². The highest BCUT2D eigenvalue weighted by atomic mass is 16.4. The van der Waals surface area contributed by atoms with Crippen LogP contribution in [0.4, 0.5) is 5.82 Å². The normalized spacial score (nSPS) is 11.8. The lowest BCUT2D eigenvalue weighted by Gasteiger charge is -2.14. The number of carbonyl (C=O) groups is 3. The molecule has 0 radical (unpaired) electrons. The summed E-state index contributed by atoms with van der Waals surface area (Å²) in [5.41, 5.74) is 3.76. The van der Waals surface area contributed by atoms with Crippen LogP contribution >= 0.6 is 0 Å². The predicted molar refractivity (Wildman–Crippen MR) is 122 cm³/mol. The molecule has 4 rings (SSSR count). The van der Waals surface area contributed by atoms with Crippen molar-refractivity contribution in [3.8, 4) is 11.1 Å². The van der Waals surface area contributed by atoms with Crippen molar-refractivity contribution in [3.63, 3.8) is 0 Å². The third-order valence-corrected chi connectivity index (χ3v) is 5.30. The molecule has 7 nitrogen and oxygen atoms in total. The number of carboxylic acid groups (broad SMARTS) is 1. The first kappa shape index (κ1) is 21.0. The summed E-state index contributed by atoms with van der Waals surface area (Å²) < 4.78 is 0. The van der Waals surface area contributed by atoms with Crippen LogP contribution in [0.25, 0.3) is 22.0 Å². The van der Waals surface area contributed by atoms with Crippen molar-refractivity contribution in [3.05, 3.63) is 83.9 Å². The van der Waals surface area contributed by atoms with E-state index < -0.39 is 17.8 Å². The Morgan fingerprint density at radius 1 is 0.969 bits per heavy atom. The molecule has 0 saturated heterocycles. The first-order chi connectivity index (χ1) is 15.4. The van der Waals surface area contributed by atoms with Crippen LogP contribution in [0.1, 0.15) is 35.2 Å². The highest BCUT2D eigenvalue weighted by Gasteiger charge is 2.25. The van der Waals surface area contributed by atoms with Crippen LogP contribution in [0.3, 0.4) is 0 Å². The van der Waals surface area contributed by atoms with Crippen LogP contribution in [0.15, 0.2) is 72.8 Å². The number of ketones is 1. The summed E-state index contributed by atoms with van der Waals surface area (Å²) in [6.07, 6.45) is -0.325. The molecule has 1 heterocycles. The molecular weight excluding hydrogens is 406 g/mol. The molecule has 0 aliphatic carbocycles. The molecule has 1 atom stereocenters. The van der Waals surface area contributed by atoms with E-state index >= 15 is 0 Å². The average Bonchev–Trinajstić information content (AvgIpc) is 3.19. The van der Waals surface area contributed by atoms with Crippen LogP contribution in [0.2, 0.25) is 0 Å². The van der Waals surface area contributed by atoms with Gasteiger partial charge < -0.3 is 10.4 Å². The van der Waals surface area contributed by atoms with E-state index in [4.69, 9.17) is 0 Å². The number of aliphatic carboxylic acids is 1. The van der Waals surface area contributed by atoms with Crippen LogP contribution < -0.4 is 5.32 Å². The van der Waals surface area contributed by atoms with Gasteiger partial charge in [-0.15, -0.1) is 0 Å². The molecule has 7 heteroatoms. The van der Waals surface area contributed by atoms with Crippen LogP contribution in [0.5, 0.6) is 0 Å². The lowest BCUT2D eigenvalue weighted by molar-refractivity contribution is -0.139. The Bertz CT molecular complexity index is 1310. The van der Waals surface area contributed by atoms with Gasteiger partial charge in [0.1, 0.15) is 0 Å². The van der Waals surface area contributed by atoms with E-state index in [1.807, 2.05) is 42.5 Å². The van der Waals surface area contributed by atoms with Crippen LogP contribution in [-0.4, -0.2) is 33.0 Å². The summed E-state index contributed by atoms with van der Waals surface area (Å²) in [6.45, 7) is 1.53. The van der Waals surface area contributed by atoms with Gasteiger partial charge in [-0.25, -0.2) is 0 Å². The van der Waals surface area contributed by atoms with Crippen molar-refractivity contribution >= 4 is 34.4 Å². The third-order valence-electron chi connectivity index (χ3n) is 5.30. The molecule has 3 aromatic carbocycles. The SMILES string of the molecule is CC(=O)c1cccc(-c2ccc3c(NC(=O)C(CC(=O)O)c4ccccc4)n[nH]c3c2)c1. The van der Waals surface area contributed by atoms with E-state index in [1.54, 1.807) is 30.3 Å². The summed E-state index contributed by atoms with van der Waals surface area (Å²) in [6, 6.07) is 21.8. The zero-order chi connectivity index (χ0) is 22.7. The number of anilines is 1. The fraction of sp³-hybridized carbons (Fsp3) is 0.120. The number of nitrogens with one attached hydrogen (secondary N) is 2. The molecule has 1 amide bonds. The molecule has 0 aliphatic rings. The molecular formula is C25H21N3O4. The minimum absolute atomic E-state index is 0.00574. The van der Waals surface area contributed by atoms with Crippen molar-refractivity contribution in [1.29, 1.82) is 0 Å². The van der Waals surface area contributed by atoms with Crippen molar-refractivity contribution < 1.29 is 19.5 Å².